The van der Waals surface area contributed by atoms with E-state index in [4.69, 9.17) is 0 Å². The molecule has 1 heterocycles. The Bertz CT molecular complexity index is 766. The van der Waals surface area contributed by atoms with Crippen molar-refractivity contribution < 1.29 is 0 Å². The van der Waals surface area contributed by atoms with Crippen LogP contribution in [0.2, 0.25) is 0 Å². The lowest BCUT2D eigenvalue weighted by molar-refractivity contribution is 0.736. The quantitative estimate of drug-likeness (QED) is 0.759. The molecule has 1 nitrogen and oxygen atoms in total. The number of hydrogen-bond acceptors (Lipinski definition) is 1. The van der Waals surface area contributed by atoms with Gasteiger partial charge in [0.05, 0.1) is 6.04 Å². The molecule has 1 N–H and O–H groups in total. The standard InChI is InChI=1S/C22H23N/c1-4-17-14-22(20-13-9-8-12-19(20)16(2)3)23-15-21(17)18-10-6-5-7-11-18/h5-15,22-23H,2,4H2,1,3H3. The van der Waals surface area contributed by atoms with Gasteiger partial charge in [0.2, 0.25) is 0 Å². The van der Waals surface area contributed by atoms with Crippen LogP contribution < -0.4 is 5.32 Å². The van der Waals surface area contributed by atoms with Gasteiger partial charge in [-0.25, -0.2) is 0 Å². The third kappa shape index (κ3) is 3.14. The van der Waals surface area contributed by atoms with Gasteiger partial charge in [0.25, 0.3) is 0 Å². The minimum Gasteiger partial charge on any atom is -0.380 e. The maximum Gasteiger partial charge on any atom is 0.0704 e. The number of nitrogens with one attached hydrogen (secondary N) is 1. The van der Waals surface area contributed by atoms with Crippen molar-refractivity contribution in [1.82, 2.24) is 5.32 Å². The molecule has 1 heteroatoms. The second kappa shape index (κ2) is 6.70. The molecule has 1 aliphatic heterocycles. The average molecular weight is 301 g/mol. The molecule has 2 aromatic rings. The van der Waals surface area contributed by atoms with E-state index in [2.05, 4.69) is 92.6 Å². The number of rotatable bonds is 4. The molecule has 1 unspecified atom stereocenters. The van der Waals surface area contributed by atoms with Gasteiger partial charge < -0.3 is 5.32 Å². The van der Waals surface area contributed by atoms with Crippen molar-refractivity contribution in [2.24, 2.45) is 0 Å². The molecule has 0 amide bonds. The topological polar surface area (TPSA) is 12.0 Å². The largest absolute Gasteiger partial charge is 0.380 e. The van der Waals surface area contributed by atoms with Crippen molar-refractivity contribution in [2.75, 3.05) is 0 Å². The molecular weight excluding hydrogens is 278 g/mol. The minimum atomic E-state index is 0.199. The number of dihydropyridines is 1. The maximum atomic E-state index is 4.12. The summed E-state index contributed by atoms with van der Waals surface area (Å²) in [7, 11) is 0. The fraction of sp³-hybridized carbons (Fsp3) is 0.182. The van der Waals surface area contributed by atoms with Crippen LogP contribution in [-0.2, 0) is 0 Å². The number of allylic oxidation sites excluding steroid dienone is 3. The molecule has 0 saturated carbocycles. The lowest BCUT2D eigenvalue weighted by Gasteiger charge is -2.25. The zero-order valence-electron chi connectivity index (χ0n) is 13.8. The van der Waals surface area contributed by atoms with Gasteiger partial charge in [-0.3, -0.25) is 0 Å². The Labute approximate surface area is 139 Å². The van der Waals surface area contributed by atoms with Gasteiger partial charge in [-0.05, 0) is 35.6 Å². The Hall–Kier alpha value is -2.54. The summed E-state index contributed by atoms with van der Waals surface area (Å²) in [5, 5.41) is 3.56. The number of hydrogen-bond donors (Lipinski definition) is 1. The smallest absolute Gasteiger partial charge is 0.0704 e. The summed E-state index contributed by atoms with van der Waals surface area (Å²) in [6, 6.07) is 19.3. The second-order valence-corrected chi connectivity index (χ2v) is 5.98. The first kappa shape index (κ1) is 15.4. The Morgan fingerprint density at radius 1 is 1.04 bits per heavy atom. The van der Waals surface area contributed by atoms with E-state index in [1.165, 1.54) is 27.8 Å². The van der Waals surface area contributed by atoms with Crippen molar-refractivity contribution in [3.63, 3.8) is 0 Å². The van der Waals surface area contributed by atoms with Crippen LogP contribution in [0.15, 0.2) is 79.0 Å². The van der Waals surface area contributed by atoms with Crippen molar-refractivity contribution in [3.05, 3.63) is 95.7 Å². The zero-order chi connectivity index (χ0) is 16.2. The van der Waals surface area contributed by atoms with Crippen LogP contribution in [0.4, 0.5) is 0 Å². The fourth-order valence-electron chi connectivity index (χ4n) is 3.14. The summed E-state index contributed by atoms with van der Waals surface area (Å²) in [6.45, 7) is 8.40. The van der Waals surface area contributed by atoms with E-state index in [1.54, 1.807) is 0 Å². The van der Waals surface area contributed by atoms with Crippen LogP contribution in [-0.4, -0.2) is 0 Å². The van der Waals surface area contributed by atoms with Crippen LogP contribution in [0.3, 0.4) is 0 Å². The highest BCUT2D eigenvalue weighted by Gasteiger charge is 2.18. The number of benzene rings is 2. The van der Waals surface area contributed by atoms with E-state index in [0.717, 1.165) is 12.0 Å². The third-order valence-corrected chi connectivity index (χ3v) is 4.34. The molecule has 0 radical (unpaired) electrons. The summed E-state index contributed by atoms with van der Waals surface area (Å²) in [4.78, 5) is 0. The van der Waals surface area contributed by atoms with E-state index in [9.17, 15) is 0 Å². The van der Waals surface area contributed by atoms with Gasteiger partial charge in [0.15, 0.2) is 0 Å². The first-order valence-electron chi connectivity index (χ1n) is 8.18. The van der Waals surface area contributed by atoms with Crippen LogP contribution in [0.25, 0.3) is 11.1 Å². The SMILES string of the molecule is C=C(C)c1ccccc1C1C=C(CC)C(c2ccccc2)=CN1. The highest BCUT2D eigenvalue weighted by Crippen LogP contribution is 2.33. The van der Waals surface area contributed by atoms with Crippen molar-refractivity contribution >= 4 is 11.1 Å². The summed E-state index contributed by atoms with van der Waals surface area (Å²) in [5.41, 5.74) is 7.56. The minimum absolute atomic E-state index is 0.199. The predicted octanol–water partition coefficient (Wildman–Crippen LogP) is 5.74. The van der Waals surface area contributed by atoms with Gasteiger partial charge in [0, 0.05) is 11.8 Å². The monoisotopic (exact) mass is 301 g/mol. The third-order valence-electron chi connectivity index (χ3n) is 4.34. The van der Waals surface area contributed by atoms with Crippen molar-refractivity contribution in [2.45, 2.75) is 26.3 Å². The van der Waals surface area contributed by atoms with Gasteiger partial charge in [0.1, 0.15) is 0 Å². The van der Waals surface area contributed by atoms with Gasteiger partial charge >= 0.3 is 0 Å². The molecule has 0 bridgehead atoms. The Kier molecular flexibility index (Phi) is 4.47. The first-order chi connectivity index (χ1) is 11.2. The van der Waals surface area contributed by atoms with Crippen LogP contribution in [0.1, 0.15) is 43.0 Å². The van der Waals surface area contributed by atoms with E-state index < -0.39 is 0 Å². The highest BCUT2D eigenvalue weighted by atomic mass is 14.9. The van der Waals surface area contributed by atoms with E-state index in [0.29, 0.717) is 0 Å². The fourth-order valence-corrected chi connectivity index (χ4v) is 3.14. The molecule has 0 spiro atoms. The molecule has 0 aromatic heterocycles. The maximum absolute atomic E-state index is 4.12. The second-order valence-electron chi connectivity index (χ2n) is 5.98. The Morgan fingerprint density at radius 2 is 1.74 bits per heavy atom. The molecule has 1 aliphatic rings. The zero-order valence-corrected chi connectivity index (χ0v) is 13.8. The lowest BCUT2D eigenvalue weighted by Crippen LogP contribution is -2.19. The molecular formula is C22H23N. The van der Waals surface area contributed by atoms with Crippen molar-refractivity contribution in [1.29, 1.82) is 0 Å². The van der Waals surface area contributed by atoms with E-state index in [1.807, 2.05) is 0 Å². The normalized spacial score (nSPS) is 17.0. The van der Waals surface area contributed by atoms with Crippen LogP contribution in [0.5, 0.6) is 0 Å². The highest BCUT2D eigenvalue weighted by molar-refractivity contribution is 5.80. The van der Waals surface area contributed by atoms with E-state index >= 15 is 0 Å². The molecule has 0 aliphatic carbocycles. The van der Waals surface area contributed by atoms with Gasteiger partial charge in [-0.15, -0.1) is 0 Å². The van der Waals surface area contributed by atoms with E-state index in [-0.39, 0.29) is 6.04 Å². The summed E-state index contributed by atoms with van der Waals surface area (Å²) in [5.74, 6) is 0. The molecule has 0 saturated heterocycles. The predicted molar refractivity (Wildman–Crippen MR) is 99.8 cm³/mol. The van der Waals surface area contributed by atoms with Gasteiger partial charge in [-0.2, -0.15) is 0 Å². The molecule has 116 valence electrons. The van der Waals surface area contributed by atoms with Crippen LogP contribution >= 0.6 is 0 Å². The summed E-state index contributed by atoms with van der Waals surface area (Å²) < 4.78 is 0. The van der Waals surface area contributed by atoms with Gasteiger partial charge in [-0.1, -0.05) is 79.7 Å². The molecule has 1 atom stereocenters. The lowest BCUT2D eigenvalue weighted by atomic mass is 9.88. The Balaban J connectivity index is 1.97. The molecule has 3 rings (SSSR count). The molecule has 0 fully saturated rings. The summed E-state index contributed by atoms with van der Waals surface area (Å²) in [6.07, 6.45) is 5.53. The Morgan fingerprint density at radius 3 is 2.43 bits per heavy atom. The summed E-state index contributed by atoms with van der Waals surface area (Å²) >= 11 is 0. The molecule has 23 heavy (non-hydrogen) atoms. The van der Waals surface area contributed by atoms with Crippen molar-refractivity contribution in [3.8, 4) is 0 Å². The average Bonchev–Trinajstić information content (AvgIpc) is 2.62. The molecule has 2 aromatic carbocycles. The van der Waals surface area contributed by atoms with Crippen LogP contribution in [0, 0.1) is 0 Å². The first-order valence-corrected chi connectivity index (χ1v) is 8.18.